The zero-order chi connectivity index (χ0) is 12.1. The number of esters is 1. The summed E-state index contributed by atoms with van der Waals surface area (Å²) in [6.07, 6.45) is 0.245. The van der Waals surface area contributed by atoms with Gasteiger partial charge in [0.25, 0.3) is 0 Å². The smallest absolute Gasteiger partial charge is 0.305 e. The van der Waals surface area contributed by atoms with Gasteiger partial charge in [-0.3, -0.25) is 9.59 Å². The zero-order valence-corrected chi connectivity index (χ0v) is 10.0. The molecule has 0 atom stereocenters. The number of hydrogen-bond donors (Lipinski definition) is 0. The van der Waals surface area contributed by atoms with Gasteiger partial charge >= 0.3 is 5.97 Å². The van der Waals surface area contributed by atoms with Crippen LogP contribution in [0.5, 0.6) is 0 Å². The number of aryl methyl sites for hydroxylation is 1. The number of rotatable bonds is 4. The third-order valence-electron chi connectivity index (χ3n) is 2.28. The lowest BCUT2D eigenvalue weighted by molar-refractivity contribution is -0.140. The van der Waals surface area contributed by atoms with Gasteiger partial charge in [-0.05, 0) is 24.6 Å². The summed E-state index contributed by atoms with van der Waals surface area (Å²) in [4.78, 5) is 22.7. The van der Waals surface area contributed by atoms with E-state index in [0.717, 1.165) is 5.56 Å². The number of ketones is 1. The van der Waals surface area contributed by atoms with Crippen molar-refractivity contribution in [3.63, 3.8) is 0 Å². The number of methoxy groups -OCH3 is 1. The van der Waals surface area contributed by atoms with Crippen molar-refractivity contribution >= 4 is 23.4 Å². The second-order valence-corrected chi connectivity index (χ2v) is 3.89. The number of Topliss-reactive ketones (excluding diaryl/α,β-unsaturated/α-hetero) is 1. The fourth-order valence-electron chi connectivity index (χ4n) is 1.35. The SMILES string of the molecule is COC(=O)CCC(=O)c1cc(Cl)ccc1C. The molecule has 0 fully saturated rings. The average Bonchev–Trinajstić information content (AvgIpc) is 2.28. The highest BCUT2D eigenvalue weighted by atomic mass is 35.5. The maximum Gasteiger partial charge on any atom is 0.305 e. The summed E-state index contributed by atoms with van der Waals surface area (Å²) in [7, 11) is 1.30. The van der Waals surface area contributed by atoms with Crippen molar-refractivity contribution in [3.8, 4) is 0 Å². The first-order valence-electron chi connectivity index (χ1n) is 4.90. The topological polar surface area (TPSA) is 43.4 Å². The second-order valence-electron chi connectivity index (χ2n) is 3.46. The van der Waals surface area contributed by atoms with Crippen LogP contribution in [0.4, 0.5) is 0 Å². The molecule has 86 valence electrons. The molecule has 16 heavy (non-hydrogen) atoms. The Bertz CT molecular complexity index is 413. The van der Waals surface area contributed by atoms with Crippen LogP contribution in [0.15, 0.2) is 18.2 Å². The molecular weight excluding hydrogens is 228 g/mol. The first kappa shape index (κ1) is 12.7. The molecule has 3 nitrogen and oxygen atoms in total. The Balaban J connectivity index is 2.73. The Morgan fingerprint density at radius 1 is 1.31 bits per heavy atom. The molecule has 1 aromatic carbocycles. The Hall–Kier alpha value is -1.35. The Morgan fingerprint density at radius 3 is 2.62 bits per heavy atom. The van der Waals surface area contributed by atoms with Crippen LogP contribution >= 0.6 is 11.6 Å². The van der Waals surface area contributed by atoms with Crippen molar-refractivity contribution in [2.75, 3.05) is 7.11 Å². The number of ether oxygens (including phenoxy) is 1. The summed E-state index contributed by atoms with van der Waals surface area (Å²) >= 11 is 5.81. The van der Waals surface area contributed by atoms with Gasteiger partial charge in [0.15, 0.2) is 5.78 Å². The summed E-state index contributed by atoms with van der Waals surface area (Å²) < 4.78 is 4.47. The van der Waals surface area contributed by atoms with Gasteiger partial charge < -0.3 is 4.74 Å². The molecule has 0 saturated carbocycles. The minimum Gasteiger partial charge on any atom is -0.469 e. The average molecular weight is 241 g/mol. The molecule has 0 N–H and O–H groups in total. The maximum absolute atomic E-state index is 11.8. The first-order chi connectivity index (χ1) is 7.54. The highest BCUT2D eigenvalue weighted by Crippen LogP contribution is 2.17. The van der Waals surface area contributed by atoms with Crippen LogP contribution in [0.3, 0.4) is 0 Å². The van der Waals surface area contributed by atoms with Crippen LogP contribution in [0, 0.1) is 6.92 Å². The summed E-state index contributed by atoms with van der Waals surface area (Å²) in [6.45, 7) is 1.84. The van der Waals surface area contributed by atoms with E-state index in [1.54, 1.807) is 18.2 Å². The van der Waals surface area contributed by atoms with E-state index in [1.165, 1.54) is 7.11 Å². The van der Waals surface area contributed by atoms with Gasteiger partial charge in [0.1, 0.15) is 0 Å². The number of hydrogen-bond acceptors (Lipinski definition) is 3. The molecule has 0 radical (unpaired) electrons. The normalized spacial score (nSPS) is 9.94. The molecule has 1 rings (SSSR count). The molecule has 0 aliphatic carbocycles. The molecule has 1 aromatic rings. The molecule has 0 spiro atoms. The Labute approximate surface area is 99.4 Å². The number of halogens is 1. The molecular formula is C12H13ClO3. The molecule has 0 amide bonds. The zero-order valence-electron chi connectivity index (χ0n) is 9.25. The van der Waals surface area contributed by atoms with E-state index in [1.807, 2.05) is 6.92 Å². The summed E-state index contributed by atoms with van der Waals surface area (Å²) in [6, 6.07) is 5.14. The third kappa shape index (κ3) is 3.35. The Kier molecular flexibility index (Phi) is 4.50. The largest absolute Gasteiger partial charge is 0.469 e. The van der Waals surface area contributed by atoms with Crippen molar-refractivity contribution in [3.05, 3.63) is 34.3 Å². The van der Waals surface area contributed by atoms with Crippen molar-refractivity contribution in [2.45, 2.75) is 19.8 Å². The standard InChI is InChI=1S/C12H13ClO3/c1-8-3-4-9(13)7-10(8)11(14)5-6-12(15)16-2/h3-4,7H,5-6H2,1-2H3. The predicted octanol–water partition coefficient (Wildman–Crippen LogP) is 2.78. The third-order valence-corrected chi connectivity index (χ3v) is 2.52. The van der Waals surface area contributed by atoms with Gasteiger partial charge in [0.05, 0.1) is 13.5 Å². The number of benzene rings is 1. The molecule has 0 unspecified atom stereocenters. The van der Waals surface area contributed by atoms with Crippen LogP contribution in [-0.2, 0) is 9.53 Å². The van der Waals surface area contributed by atoms with Crippen molar-refractivity contribution in [2.24, 2.45) is 0 Å². The second kappa shape index (κ2) is 5.66. The fourth-order valence-corrected chi connectivity index (χ4v) is 1.52. The lowest BCUT2D eigenvalue weighted by atomic mass is 10.0. The number of carbonyl (C=O) groups is 2. The van der Waals surface area contributed by atoms with Crippen molar-refractivity contribution in [1.82, 2.24) is 0 Å². The highest BCUT2D eigenvalue weighted by Gasteiger charge is 2.12. The molecule has 0 heterocycles. The quantitative estimate of drug-likeness (QED) is 0.600. The summed E-state index contributed by atoms with van der Waals surface area (Å²) in [5.74, 6) is -0.474. The van der Waals surface area contributed by atoms with Gasteiger partial charge in [-0.15, -0.1) is 0 Å². The minimum absolute atomic E-state index is 0.0922. The predicted molar refractivity (Wildman–Crippen MR) is 61.8 cm³/mol. The maximum atomic E-state index is 11.8. The molecule has 0 aliphatic heterocycles. The van der Waals surface area contributed by atoms with Gasteiger partial charge in [-0.2, -0.15) is 0 Å². The monoisotopic (exact) mass is 240 g/mol. The lowest BCUT2D eigenvalue weighted by Gasteiger charge is -2.04. The van der Waals surface area contributed by atoms with E-state index in [2.05, 4.69) is 4.74 Å². The van der Waals surface area contributed by atoms with E-state index >= 15 is 0 Å². The van der Waals surface area contributed by atoms with Crippen molar-refractivity contribution < 1.29 is 14.3 Å². The molecule has 0 bridgehead atoms. The van der Waals surface area contributed by atoms with Crippen LogP contribution in [0.25, 0.3) is 0 Å². The Morgan fingerprint density at radius 2 is 2.00 bits per heavy atom. The minimum atomic E-state index is -0.381. The fraction of sp³-hybridized carbons (Fsp3) is 0.333. The molecule has 0 saturated heterocycles. The summed E-state index contributed by atoms with van der Waals surface area (Å²) in [5, 5.41) is 0.520. The van der Waals surface area contributed by atoms with E-state index in [0.29, 0.717) is 10.6 Å². The van der Waals surface area contributed by atoms with E-state index in [9.17, 15) is 9.59 Å². The first-order valence-corrected chi connectivity index (χ1v) is 5.28. The van der Waals surface area contributed by atoms with E-state index in [4.69, 9.17) is 11.6 Å². The van der Waals surface area contributed by atoms with E-state index < -0.39 is 0 Å². The van der Waals surface area contributed by atoms with Gasteiger partial charge in [-0.25, -0.2) is 0 Å². The van der Waals surface area contributed by atoms with Gasteiger partial charge in [0, 0.05) is 17.0 Å². The van der Waals surface area contributed by atoms with Gasteiger partial charge in [-0.1, -0.05) is 17.7 Å². The van der Waals surface area contributed by atoms with Crippen LogP contribution in [0.2, 0.25) is 5.02 Å². The number of carbonyl (C=O) groups excluding carboxylic acids is 2. The molecule has 0 aromatic heterocycles. The van der Waals surface area contributed by atoms with Crippen LogP contribution in [-0.4, -0.2) is 18.9 Å². The molecule has 4 heteroatoms. The lowest BCUT2D eigenvalue weighted by Crippen LogP contribution is -2.07. The van der Waals surface area contributed by atoms with E-state index in [-0.39, 0.29) is 24.6 Å². The van der Waals surface area contributed by atoms with Crippen molar-refractivity contribution in [1.29, 1.82) is 0 Å². The van der Waals surface area contributed by atoms with Crippen LogP contribution < -0.4 is 0 Å². The summed E-state index contributed by atoms with van der Waals surface area (Å²) in [5.41, 5.74) is 1.43. The highest BCUT2D eigenvalue weighted by molar-refractivity contribution is 6.31. The molecule has 0 aliphatic rings. The van der Waals surface area contributed by atoms with Crippen LogP contribution in [0.1, 0.15) is 28.8 Å². The van der Waals surface area contributed by atoms with Gasteiger partial charge in [0.2, 0.25) is 0 Å².